The van der Waals surface area contributed by atoms with Crippen molar-refractivity contribution in [2.24, 2.45) is 0 Å². The Morgan fingerprint density at radius 1 is 0.183 bits per heavy atom. The van der Waals surface area contributed by atoms with E-state index in [2.05, 4.69) is 13.8 Å². The van der Waals surface area contributed by atoms with Gasteiger partial charge in [-0.3, -0.25) is 4.79 Å². The van der Waals surface area contributed by atoms with Crippen molar-refractivity contribution in [3.05, 3.63) is 0 Å². The van der Waals surface area contributed by atoms with Crippen molar-refractivity contribution in [1.82, 2.24) is 0 Å². The number of hydrogen-bond acceptors (Lipinski definition) is 2. The summed E-state index contributed by atoms with van der Waals surface area (Å²) in [6.45, 7) is 5.26. The molecule has 0 saturated heterocycles. The fraction of sp³-hybridized carbons (Fsp3) is 0.986. The lowest BCUT2D eigenvalue weighted by Crippen LogP contribution is -2.05. The molecule has 426 valence electrons. The Labute approximate surface area is 451 Å². The van der Waals surface area contributed by atoms with Gasteiger partial charge in [0.15, 0.2) is 0 Å². The SMILES string of the molecule is CCCCCCCCCCCCCCCCCCCCCCCCCCCCCCCCCCOC(=O)CCCCCCCCCCCCCCCCCCCCCCCCCCCCCCCCCC. The molecule has 0 unspecified atom stereocenters. The normalized spacial score (nSPS) is 11.6. The van der Waals surface area contributed by atoms with Crippen LogP contribution in [0.2, 0.25) is 0 Å². The number of rotatable bonds is 66. The van der Waals surface area contributed by atoms with Gasteiger partial charge in [-0.25, -0.2) is 0 Å². The van der Waals surface area contributed by atoms with E-state index in [0.717, 1.165) is 12.8 Å². The second kappa shape index (κ2) is 67.5. The number of ether oxygens (including phenoxy) is 1. The van der Waals surface area contributed by atoms with Gasteiger partial charge in [-0.15, -0.1) is 0 Å². The summed E-state index contributed by atoms with van der Waals surface area (Å²) in [5, 5.41) is 0. The monoisotopic (exact) mass is 999 g/mol. The van der Waals surface area contributed by atoms with Crippen LogP contribution in [0.4, 0.5) is 0 Å². The topological polar surface area (TPSA) is 26.3 Å². The highest BCUT2D eigenvalue weighted by atomic mass is 16.5. The first-order chi connectivity index (χ1) is 35.3. The maximum absolute atomic E-state index is 12.2. The Kier molecular flexibility index (Phi) is 67.0. The molecular formula is C69H138O2. The number of carbonyl (C=O) groups excluding carboxylic acids is 1. The molecule has 0 fully saturated rings. The van der Waals surface area contributed by atoms with Gasteiger partial charge in [0.2, 0.25) is 0 Å². The van der Waals surface area contributed by atoms with Crippen molar-refractivity contribution in [1.29, 1.82) is 0 Å². The van der Waals surface area contributed by atoms with Gasteiger partial charge in [0, 0.05) is 6.42 Å². The molecule has 0 bridgehead atoms. The van der Waals surface area contributed by atoms with Crippen LogP contribution in [0.3, 0.4) is 0 Å². The maximum Gasteiger partial charge on any atom is 0.305 e. The summed E-state index contributed by atoms with van der Waals surface area (Å²) < 4.78 is 5.54. The number of unbranched alkanes of at least 4 members (excludes halogenated alkanes) is 62. The van der Waals surface area contributed by atoms with E-state index >= 15 is 0 Å². The molecule has 0 N–H and O–H groups in total. The van der Waals surface area contributed by atoms with Crippen LogP contribution in [0.5, 0.6) is 0 Å². The Hall–Kier alpha value is -0.530. The van der Waals surface area contributed by atoms with Gasteiger partial charge in [-0.2, -0.15) is 0 Å². The minimum Gasteiger partial charge on any atom is -0.466 e. The van der Waals surface area contributed by atoms with Crippen LogP contribution in [-0.2, 0) is 9.53 Å². The summed E-state index contributed by atoms with van der Waals surface area (Å²) in [6.07, 6.45) is 92.2. The molecule has 0 aliphatic carbocycles. The van der Waals surface area contributed by atoms with E-state index in [1.54, 1.807) is 0 Å². The molecule has 0 atom stereocenters. The van der Waals surface area contributed by atoms with E-state index in [0.29, 0.717) is 13.0 Å². The van der Waals surface area contributed by atoms with E-state index in [4.69, 9.17) is 4.74 Å². The van der Waals surface area contributed by atoms with Gasteiger partial charge in [0.05, 0.1) is 6.61 Å². The van der Waals surface area contributed by atoms with Gasteiger partial charge in [-0.05, 0) is 12.8 Å². The van der Waals surface area contributed by atoms with Gasteiger partial charge in [0.1, 0.15) is 0 Å². The van der Waals surface area contributed by atoms with Crippen molar-refractivity contribution in [3.8, 4) is 0 Å². The zero-order valence-electron chi connectivity index (χ0n) is 50.0. The lowest BCUT2D eigenvalue weighted by atomic mass is 10.0. The highest BCUT2D eigenvalue weighted by Gasteiger charge is 2.04. The van der Waals surface area contributed by atoms with Crippen LogP contribution in [0.25, 0.3) is 0 Å². The van der Waals surface area contributed by atoms with E-state index in [9.17, 15) is 4.79 Å². The maximum atomic E-state index is 12.2. The molecule has 0 aliphatic rings. The van der Waals surface area contributed by atoms with Crippen LogP contribution in [0, 0.1) is 0 Å². The highest BCUT2D eigenvalue weighted by Crippen LogP contribution is 2.20. The quantitative estimate of drug-likeness (QED) is 0.0448. The van der Waals surface area contributed by atoms with Crippen molar-refractivity contribution in [2.45, 2.75) is 431 Å². The zero-order chi connectivity index (χ0) is 51.0. The predicted octanol–water partition coefficient (Wildman–Crippen LogP) is 25.9. The average Bonchev–Trinajstić information content (AvgIpc) is 3.38. The largest absolute Gasteiger partial charge is 0.466 e. The molecule has 71 heavy (non-hydrogen) atoms. The Morgan fingerprint density at radius 3 is 0.465 bits per heavy atom. The fourth-order valence-corrected chi connectivity index (χ4v) is 11.4. The molecule has 0 heterocycles. The average molecular weight is 1000 g/mol. The van der Waals surface area contributed by atoms with Crippen molar-refractivity contribution in [3.63, 3.8) is 0 Å². The first-order valence-electron chi connectivity index (χ1n) is 34.5. The first kappa shape index (κ1) is 70.5. The summed E-state index contributed by atoms with van der Waals surface area (Å²) in [6, 6.07) is 0. The summed E-state index contributed by atoms with van der Waals surface area (Å²) in [7, 11) is 0. The summed E-state index contributed by atoms with van der Waals surface area (Å²) in [5.41, 5.74) is 0. The molecule has 0 radical (unpaired) electrons. The molecule has 0 aromatic heterocycles. The van der Waals surface area contributed by atoms with E-state index < -0.39 is 0 Å². The zero-order valence-corrected chi connectivity index (χ0v) is 50.0. The van der Waals surface area contributed by atoms with Crippen molar-refractivity contribution < 1.29 is 9.53 Å². The van der Waals surface area contributed by atoms with Gasteiger partial charge >= 0.3 is 5.97 Å². The third-order valence-corrected chi connectivity index (χ3v) is 16.5. The fourth-order valence-electron chi connectivity index (χ4n) is 11.4. The summed E-state index contributed by atoms with van der Waals surface area (Å²) >= 11 is 0. The van der Waals surface area contributed by atoms with Crippen LogP contribution >= 0.6 is 0 Å². The smallest absolute Gasteiger partial charge is 0.305 e. The second-order valence-electron chi connectivity index (χ2n) is 23.9. The number of esters is 1. The number of hydrogen-bond donors (Lipinski definition) is 0. The van der Waals surface area contributed by atoms with E-state index in [1.165, 1.54) is 398 Å². The third kappa shape index (κ3) is 67.5. The second-order valence-corrected chi connectivity index (χ2v) is 23.9. The van der Waals surface area contributed by atoms with Crippen molar-refractivity contribution in [2.75, 3.05) is 6.61 Å². The predicted molar refractivity (Wildman–Crippen MR) is 322 cm³/mol. The Morgan fingerprint density at radius 2 is 0.310 bits per heavy atom. The summed E-state index contributed by atoms with van der Waals surface area (Å²) in [4.78, 5) is 12.2. The molecule has 0 rings (SSSR count). The van der Waals surface area contributed by atoms with E-state index in [1.807, 2.05) is 0 Å². The van der Waals surface area contributed by atoms with Crippen LogP contribution < -0.4 is 0 Å². The molecule has 0 aromatic carbocycles. The molecule has 0 amide bonds. The lowest BCUT2D eigenvalue weighted by molar-refractivity contribution is -0.143. The first-order valence-corrected chi connectivity index (χ1v) is 34.5. The number of carbonyl (C=O) groups is 1. The highest BCUT2D eigenvalue weighted by molar-refractivity contribution is 5.69. The molecule has 0 spiro atoms. The minimum atomic E-state index is 0.0383. The van der Waals surface area contributed by atoms with Crippen LogP contribution in [-0.4, -0.2) is 12.6 Å². The Balaban J connectivity index is 3.14. The minimum absolute atomic E-state index is 0.0383. The Bertz CT molecular complexity index is 913. The van der Waals surface area contributed by atoms with E-state index in [-0.39, 0.29) is 5.97 Å². The molecular weight excluding hydrogens is 861 g/mol. The van der Waals surface area contributed by atoms with Gasteiger partial charge < -0.3 is 4.74 Å². The van der Waals surface area contributed by atoms with Crippen molar-refractivity contribution >= 4 is 5.97 Å². The van der Waals surface area contributed by atoms with Crippen LogP contribution in [0.1, 0.15) is 431 Å². The molecule has 0 saturated carbocycles. The lowest BCUT2D eigenvalue weighted by Gasteiger charge is -2.06. The summed E-state index contributed by atoms with van der Waals surface area (Å²) in [5.74, 6) is 0.0383. The standard InChI is InChI=1S/C69H138O2/c1-3-5-7-9-11-13-15-17-19-21-23-25-27-29-31-33-35-37-39-41-43-45-47-49-51-53-55-57-59-61-63-65-67-69(70)71-68-66-64-62-60-58-56-54-52-50-48-46-44-42-40-38-36-34-32-30-28-26-24-22-20-18-16-14-12-10-8-6-4-2/h3-68H2,1-2H3. The molecule has 0 aliphatic heterocycles. The molecule has 2 heteroatoms. The van der Waals surface area contributed by atoms with Crippen LogP contribution in [0.15, 0.2) is 0 Å². The third-order valence-electron chi connectivity index (χ3n) is 16.5. The van der Waals surface area contributed by atoms with Gasteiger partial charge in [-0.1, -0.05) is 412 Å². The van der Waals surface area contributed by atoms with Gasteiger partial charge in [0.25, 0.3) is 0 Å². The molecule has 0 aromatic rings. The molecule has 2 nitrogen and oxygen atoms in total.